The first-order chi connectivity index (χ1) is 7.56. The third-order valence-corrected chi connectivity index (χ3v) is 1.73. The molecule has 0 aliphatic carbocycles. The largest absolute Gasteiger partial charge is 0.477 e. The highest BCUT2D eigenvalue weighted by Gasteiger charge is 2.16. The van der Waals surface area contributed by atoms with E-state index in [9.17, 15) is 13.6 Å². The van der Waals surface area contributed by atoms with Gasteiger partial charge in [0.15, 0.2) is 0 Å². The van der Waals surface area contributed by atoms with Crippen molar-refractivity contribution >= 4 is 5.97 Å². The summed E-state index contributed by atoms with van der Waals surface area (Å²) in [6.45, 7) is -0.148. The van der Waals surface area contributed by atoms with E-state index >= 15 is 0 Å². The molecule has 0 aromatic heterocycles. The number of aliphatic hydroxyl groups is 1. The minimum Gasteiger partial charge on any atom is -0.477 e. The quantitative estimate of drug-likeness (QED) is 0.749. The third-order valence-electron chi connectivity index (χ3n) is 1.73. The van der Waals surface area contributed by atoms with Crippen molar-refractivity contribution < 1.29 is 23.8 Å². The first kappa shape index (κ1) is 12.1. The Morgan fingerprint density at radius 2 is 1.88 bits per heavy atom. The standard InChI is InChI=1S/C11H8F2O3/c12-8-5-7(3-1-2-4-14)6-9(13)10(8)11(15)16/h5-6,14H,2,4H2,(H,15,16). The van der Waals surface area contributed by atoms with E-state index in [1.54, 1.807) is 0 Å². The number of rotatable bonds is 2. The summed E-state index contributed by atoms with van der Waals surface area (Å²) in [7, 11) is 0. The minimum absolute atomic E-state index is 0.0356. The summed E-state index contributed by atoms with van der Waals surface area (Å²) in [5.74, 6) is 0.890. The second kappa shape index (κ2) is 5.24. The molecule has 1 aromatic rings. The molecule has 1 rings (SSSR count). The summed E-state index contributed by atoms with van der Waals surface area (Å²) in [5, 5.41) is 16.9. The minimum atomic E-state index is -1.66. The van der Waals surface area contributed by atoms with Gasteiger partial charge in [-0.25, -0.2) is 13.6 Å². The maximum atomic E-state index is 13.1. The van der Waals surface area contributed by atoms with Crippen molar-refractivity contribution in [1.82, 2.24) is 0 Å². The van der Waals surface area contributed by atoms with Crippen molar-refractivity contribution in [2.24, 2.45) is 0 Å². The van der Waals surface area contributed by atoms with Crippen molar-refractivity contribution in [1.29, 1.82) is 0 Å². The van der Waals surface area contributed by atoms with Crippen LogP contribution in [0.4, 0.5) is 8.78 Å². The van der Waals surface area contributed by atoms with Gasteiger partial charge in [-0.05, 0) is 12.1 Å². The Balaban J connectivity index is 3.11. The van der Waals surface area contributed by atoms with Gasteiger partial charge in [-0.3, -0.25) is 0 Å². The number of hydrogen-bond acceptors (Lipinski definition) is 2. The van der Waals surface area contributed by atoms with E-state index in [0.29, 0.717) is 0 Å². The topological polar surface area (TPSA) is 57.5 Å². The number of carboxylic acid groups (broad SMARTS) is 1. The van der Waals surface area contributed by atoms with Crippen LogP contribution in [0.1, 0.15) is 22.3 Å². The van der Waals surface area contributed by atoms with Crippen LogP contribution in [-0.2, 0) is 0 Å². The highest BCUT2D eigenvalue weighted by Crippen LogP contribution is 2.14. The molecular weight excluding hydrogens is 218 g/mol. The lowest BCUT2D eigenvalue weighted by atomic mass is 10.1. The smallest absolute Gasteiger partial charge is 0.341 e. The molecule has 0 spiro atoms. The fourth-order valence-corrected chi connectivity index (χ4v) is 1.07. The van der Waals surface area contributed by atoms with E-state index in [0.717, 1.165) is 12.1 Å². The van der Waals surface area contributed by atoms with Crippen molar-refractivity contribution in [3.05, 3.63) is 34.9 Å². The summed E-state index contributed by atoms with van der Waals surface area (Å²) in [4.78, 5) is 10.5. The summed E-state index contributed by atoms with van der Waals surface area (Å²) >= 11 is 0. The van der Waals surface area contributed by atoms with Crippen molar-refractivity contribution in [2.75, 3.05) is 6.61 Å². The van der Waals surface area contributed by atoms with Crippen LogP contribution < -0.4 is 0 Å². The number of aromatic carboxylic acids is 1. The molecule has 0 fully saturated rings. The lowest BCUT2D eigenvalue weighted by molar-refractivity contribution is 0.0686. The summed E-state index contributed by atoms with van der Waals surface area (Å²) in [6.07, 6.45) is 0.184. The number of halogens is 2. The second-order valence-corrected chi connectivity index (χ2v) is 2.90. The number of benzene rings is 1. The molecule has 0 amide bonds. The van der Waals surface area contributed by atoms with Gasteiger partial charge in [0.05, 0.1) is 6.61 Å². The first-order valence-corrected chi connectivity index (χ1v) is 4.38. The van der Waals surface area contributed by atoms with Gasteiger partial charge in [-0.15, -0.1) is 0 Å². The molecular formula is C11H8F2O3. The first-order valence-electron chi connectivity index (χ1n) is 4.38. The van der Waals surface area contributed by atoms with Gasteiger partial charge in [0, 0.05) is 12.0 Å². The average molecular weight is 226 g/mol. The van der Waals surface area contributed by atoms with Crippen molar-refractivity contribution in [2.45, 2.75) is 6.42 Å². The maximum absolute atomic E-state index is 13.1. The van der Waals surface area contributed by atoms with Crippen LogP contribution in [0.2, 0.25) is 0 Å². The summed E-state index contributed by atoms with van der Waals surface area (Å²) < 4.78 is 26.3. The van der Waals surface area contributed by atoms with E-state index in [4.69, 9.17) is 10.2 Å². The van der Waals surface area contributed by atoms with E-state index in [1.807, 2.05) is 0 Å². The number of carbonyl (C=O) groups is 1. The van der Waals surface area contributed by atoms with Crippen molar-refractivity contribution in [3.63, 3.8) is 0 Å². The van der Waals surface area contributed by atoms with Gasteiger partial charge in [-0.1, -0.05) is 11.8 Å². The number of carboxylic acids is 1. The molecule has 0 unspecified atom stereocenters. The van der Waals surface area contributed by atoms with Crippen LogP contribution in [0.15, 0.2) is 12.1 Å². The summed E-state index contributed by atoms with van der Waals surface area (Å²) in [6, 6.07) is 1.69. The fourth-order valence-electron chi connectivity index (χ4n) is 1.07. The van der Waals surface area contributed by atoms with Gasteiger partial charge in [0.1, 0.15) is 17.2 Å². The molecule has 0 saturated carbocycles. The molecule has 0 aliphatic rings. The molecule has 16 heavy (non-hydrogen) atoms. The van der Waals surface area contributed by atoms with Crippen LogP contribution in [0.3, 0.4) is 0 Å². The van der Waals surface area contributed by atoms with Gasteiger partial charge >= 0.3 is 5.97 Å². The zero-order chi connectivity index (χ0) is 12.1. The van der Waals surface area contributed by atoms with Crippen LogP contribution >= 0.6 is 0 Å². The number of aliphatic hydroxyl groups excluding tert-OH is 1. The lowest BCUT2D eigenvalue weighted by Gasteiger charge is -2.00. The second-order valence-electron chi connectivity index (χ2n) is 2.90. The average Bonchev–Trinajstić information content (AvgIpc) is 2.16. The van der Waals surface area contributed by atoms with Crippen LogP contribution in [0, 0.1) is 23.5 Å². The Labute approximate surface area is 90.3 Å². The monoisotopic (exact) mass is 226 g/mol. The van der Waals surface area contributed by atoms with Crippen molar-refractivity contribution in [3.8, 4) is 11.8 Å². The van der Waals surface area contributed by atoms with Crippen LogP contribution in [0.5, 0.6) is 0 Å². The molecule has 2 N–H and O–H groups in total. The van der Waals surface area contributed by atoms with E-state index in [-0.39, 0.29) is 18.6 Å². The summed E-state index contributed by atoms with van der Waals surface area (Å²) in [5.41, 5.74) is -0.957. The lowest BCUT2D eigenvalue weighted by Crippen LogP contribution is -2.05. The van der Waals surface area contributed by atoms with Gasteiger partial charge in [0.2, 0.25) is 0 Å². The molecule has 3 nitrogen and oxygen atoms in total. The Bertz CT molecular complexity index is 449. The Morgan fingerprint density at radius 3 is 2.31 bits per heavy atom. The maximum Gasteiger partial charge on any atom is 0.341 e. The van der Waals surface area contributed by atoms with Crippen LogP contribution in [-0.4, -0.2) is 22.8 Å². The molecule has 84 valence electrons. The van der Waals surface area contributed by atoms with Crippen LogP contribution in [0.25, 0.3) is 0 Å². The Morgan fingerprint density at radius 1 is 1.31 bits per heavy atom. The molecule has 0 aliphatic heterocycles. The predicted molar refractivity (Wildman–Crippen MR) is 51.9 cm³/mol. The predicted octanol–water partition coefficient (Wildman–Crippen LogP) is 1.40. The highest BCUT2D eigenvalue weighted by atomic mass is 19.1. The van der Waals surface area contributed by atoms with E-state index < -0.39 is 23.2 Å². The normalized spacial score (nSPS) is 9.44. The fraction of sp³-hybridized carbons (Fsp3) is 0.182. The Kier molecular flexibility index (Phi) is 3.97. The SMILES string of the molecule is O=C(O)c1c(F)cc(C#CCCO)cc1F. The molecule has 0 heterocycles. The molecule has 0 saturated heterocycles. The van der Waals surface area contributed by atoms with Gasteiger partial charge in [-0.2, -0.15) is 0 Å². The molecule has 1 aromatic carbocycles. The van der Waals surface area contributed by atoms with E-state index in [2.05, 4.69) is 11.8 Å². The third kappa shape index (κ3) is 2.78. The Hall–Kier alpha value is -1.93. The molecule has 5 heteroatoms. The molecule has 0 bridgehead atoms. The zero-order valence-electron chi connectivity index (χ0n) is 8.13. The zero-order valence-corrected chi connectivity index (χ0v) is 8.13. The van der Waals surface area contributed by atoms with E-state index in [1.165, 1.54) is 0 Å². The molecule has 0 radical (unpaired) electrons. The highest BCUT2D eigenvalue weighted by molar-refractivity contribution is 5.88. The van der Waals surface area contributed by atoms with Gasteiger partial charge in [0.25, 0.3) is 0 Å². The molecule has 0 atom stereocenters. The van der Waals surface area contributed by atoms with Gasteiger partial charge < -0.3 is 10.2 Å². The number of hydrogen-bond donors (Lipinski definition) is 2.